The molecule has 2 heteroatoms. The second-order valence-electron chi connectivity index (χ2n) is 5.53. The molecule has 0 aromatic carbocycles. The fourth-order valence-corrected chi connectivity index (χ4v) is 2.92. The molecule has 1 aliphatic heterocycles. The highest BCUT2D eigenvalue weighted by Crippen LogP contribution is 2.12. The molecule has 1 N–H and O–H groups in total. The normalized spacial score (nSPS) is 29.5. The van der Waals surface area contributed by atoms with Gasteiger partial charge in [0.05, 0.1) is 0 Å². The predicted octanol–water partition coefficient (Wildman–Crippen LogP) is 2.95. The number of likely N-dealkylation sites (tertiary alicyclic amines) is 1. The predicted molar refractivity (Wildman–Crippen MR) is 74.3 cm³/mol. The van der Waals surface area contributed by atoms with Crippen LogP contribution in [-0.2, 0) is 0 Å². The molecule has 1 aliphatic carbocycles. The van der Waals surface area contributed by atoms with Crippen molar-refractivity contribution in [1.82, 2.24) is 10.2 Å². The van der Waals surface area contributed by atoms with Gasteiger partial charge in [-0.05, 0) is 45.2 Å². The van der Waals surface area contributed by atoms with Crippen LogP contribution in [0.4, 0.5) is 0 Å². The molecule has 2 aliphatic rings. The molecular formula is C15H28N2. The molecule has 98 valence electrons. The molecular weight excluding hydrogens is 208 g/mol. The van der Waals surface area contributed by atoms with Crippen molar-refractivity contribution in [2.24, 2.45) is 0 Å². The zero-order valence-corrected chi connectivity index (χ0v) is 11.2. The van der Waals surface area contributed by atoms with E-state index in [2.05, 4.69) is 22.4 Å². The molecule has 1 fully saturated rings. The van der Waals surface area contributed by atoms with E-state index < -0.39 is 0 Å². The van der Waals surface area contributed by atoms with E-state index in [-0.39, 0.29) is 0 Å². The van der Waals surface area contributed by atoms with E-state index >= 15 is 0 Å². The van der Waals surface area contributed by atoms with Gasteiger partial charge in [0.15, 0.2) is 0 Å². The summed E-state index contributed by atoms with van der Waals surface area (Å²) in [6, 6.07) is 0.639. The third-order valence-corrected chi connectivity index (χ3v) is 4.04. The van der Waals surface area contributed by atoms with Crippen molar-refractivity contribution in [3.63, 3.8) is 0 Å². The van der Waals surface area contributed by atoms with Gasteiger partial charge in [0, 0.05) is 19.1 Å². The van der Waals surface area contributed by atoms with E-state index in [1.54, 1.807) is 0 Å². The van der Waals surface area contributed by atoms with Crippen LogP contribution in [0.3, 0.4) is 0 Å². The highest BCUT2D eigenvalue weighted by atomic mass is 15.1. The lowest BCUT2D eigenvalue weighted by molar-refractivity contribution is 0.227. The lowest BCUT2D eigenvalue weighted by Crippen LogP contribution is -2.38. The van der Waals surface area contributed by atoms with E-state index in [0.717, 1.165) is 6.54 Å². The summed E-state index contributed by atoms with van der Waals surface area (Å²) in [6.07, 6.45) is 15.8. The molecule has 0 spiro atoms. The molecule has 0 aromatic heterocycles. The standard InChI is InChI=1S/C15H28N2/c1-2-5-9-15(10-6-3-1)16-11-14-17-12-7-4-8-13-17/h5,9,15-16H,1-4,6-8,10-14H2/b9-5+. The summed E-state index contributed by atoms with van der Waals surface area (Å²) in [6.45, 7) is 5.05. The van der Waals surface area contributed by atoms with Crippen molar-refractivity contribution in [2.45, 2.75) is 57.4 Å². The summed E-state index contributed by atoms with van der Waals surface area (Å²) in [5.74, 6) is 0. The van der Waals surface area contributed by atoms with E-state index in [1.165, 1.54) is 71.0 Å². The molecule has 0 saturated carbocycles. The van der Waals surface area contributed by atoms with Gasteiger partial charge in [-0.25, -0.2) is 0 Å². The first-order chi connectivity index (χ1) is 8.45. The van der Waals surface area contributed by atoms with Crippen LogP contribution in [-0.4, -0.2) is 37.1 Å². The molecule has 2 nitrogen and oxygen atoms in total. The van der Waals surface area contributed by atoms with Crippen molar-refractivity contribution in [3.8, 4) is 0 Å². The van der Waals surface area contributed by atoms with Crippen LogP contribution < -0.4 is 5.32 Å². The fourth-order valence-electron chi connectivity index (χ4n) is 2.92. The molecule has 1 saturated heterocycles. The van der Waals surface area contributed by atoms with Crippen molar-refractivity contribution >= 4 is 0 Å². The Morgan fingerprint density at radius 3 is 2.71 bits per heavy atom. The number of allylic oxidation sites excluding steroid dienone is 1. The number of rotatable bonds is 4. The van der Waals surface area contributed by atoms with E-state index in [0.29, 0.717) is 6.04 Å². The van der Waals surface area contributed by atoms with E-state index in [4.69, 9.17) is 0 Å². The average molecular weight is 236 g/mol. The summed E-state index contributed by atoms with van der Waals surface area (Å²) in [7, 11) is 0. The minimum atomic E-state index is 0.639. The van der Waals surface area contributed by atoms with Crippen molar-refractivity contribution < 1.29 is 0 Å². The first kappa shape index (κ1) is 13.1. The Morgan fingerprint density at radius 2 is 1.82 bits per heavy atom. The van der Waals surface area contributed by atoms with Crippen LogP contribution in [0.2, 0.25) is 0 Å². The Morgan fingerprint density at radius 1 is 1.00 bits per heavy atom. The third-order valence-electron chi connectivity index (χ3n) is 4.04. The van der Waals surface area contributed by atoms with Crippen LogP contribution in [0.1, 0.15) is 51.4 Å². The molecule has 2 rings (SSSR count). The highest BCUT2D eigenvalue weighted by molar-refractivity contribution is 4.94. The monoisotopic (exact) mass is 236 g/mol. The summed E-state index contributed by atoms with van der Waals surface area (Å²) in [4.78, 5) is 2.61. The highest BCUT2D eigenvalue weighted by Gasteiger charge is 2.10. The van der Waals surface area contributed by atoms with Gasteiger partial charge >= 0.3 is 0 Å². The van der Waals surface area contributed by atoms with Gasteiger partial charge < -0.3 is 10.2 Å². The molecule has 1 unspecified atom stereocenters. The number of hydrogen-bond acceptors (Lipinski definition) is 2. The fraction of sp³-hybridized carbons (Fsp3) is 0.867. The van der Waals surface area contributed by atoms with Crippen molar-refractivity contribution in [1.29, 1.82) is 0 Å². The summed E-state index contributed by atoms with van der Waals surface area (Å²) in [5.41, 5.74) is 0. The van der Waals surface area contributed by atoms with Crippen LogP contribution in [0.5, 0.6) is 0 Å². The molecule has 0 amide bonds. The topological polar surface area (TPSA) is 15.3 Å². The third kappa shape index (κ3) is 5.22. The lowest BCUT2D eigenvalue weighted by atomic mass is 10.0. The Balaban J connectivity index is 1.60. The number of nitrogens with one attached hydrogen (secondary N) is 1. The summed E-state index contributed by atoms with van der Waals surface area (Å²) < 4.78 is 0. The number of nitrogens with zero attached hydrogens (tertiary/aromatic N) is 1. The van der Waals surface area contributed by atoms with E-state index in [1.807, 2.05) is 0 Å². The Labute approximate surface area is 106 Å². The van der Waals surface area contributed by atoms with Gasteiger partial charge in [0.25, 0.3) is 0 Å². The van der Waals surface area contributed by atoms with Gasteiger partial charge in [0.2, 0.25) is 0 Å². The Hall–Kier alpha value is -0.340. The van der Waals surface area contributed by atoms with Crippen molar-refractivity contribution in [2.75, 3.05) is 26.2 Å². The minimum Gasteiger partial charge on any atom is -0.309 e. The maximum Gasteiger partial charge on any atom is 0.0250 e. The van der Waals surface area contributed by atoms with E-state index in [9.17, 15) is 0 Å². The Kier molecular flexibility index (Phi) is 6.08. The SMILES string of the molecule is C1=C/C(NCCN2CCCCC2)CCCCC/1. The molecule has 0 radical (unpaired) electrons. The lowest BCUT2D eigenvalue weighted by Gasteiger charge is -2.27. The molecule has 1 atom stereocenters. The molecule has 17 heavy (non-hydrogen) atoms. The second kappa shape index (κ2) is 7.88. The summed E-state index contributed by atoms with van der Waals surface area (Å²) in [5, 5.41) is 3.71. The largest absolute Gasteiger partial charge is 0.309 e. The molecule has 0 bridgehead atoms. The summed E-state index contributed by atoms with van der Waals surface area (Å²) >= 11 is 0. The molecule has 1 heterocycles. The number of hydrogen-bond donors (Lipinski definition) is 1. The van der Waals surface area contributed by atoms with Crippen molar-refractivity contribution in [3.05, 3.63) is 12.2 Å². The minimum absolute atomic E-state index is 0.639. The van der Waals surface area contributed by atoms with Crippen LogP contribution in [0.25, 0.3) is 0 Å². The Bertz CT molecular complexity index is 219. The maximum atomic E-state index is 3.71. The smallest absolute Gasteiger partial charge is 0.0250 e. The second-order valence-corrected chi connectivity index (χ2v) is 5.53. The van der Waals surface area contributed by atoms with Gasteiger partial charge in [-0.1, -0.05) is 31.4 Å². The van der Waals surface area contributed by atoms with Crippen LogP contribution >= 0.6 is 0 Å². The van der Waals surface area contributed by atoms with Crippen LogP contribution in [0.15, 0.2) is 12.2 Å². The molecule has 0 aromatic rings. The maximum absolute atomic E-state index is 3.71. The quantitative estimate of drug-likeness (QED) is 0.755. The zero-order chi connectivity index (χ0) is 11.8. The van der Waals surface area contributed by atoms with Gasteiger partial charge in [-0.2, -0.15) is 0 Å². The average Bonchev–Trinajstić information content (AvgIpc) is 2.33. The van der Waals surface area contributed by atoms with Gasteiger partial charge in [0.1, 0.15) is 0 Å². The first-order valence-corrected chi connectivity index (χ1v) is 7.57. The van der Waals surface area contributed by atoms with Crippen LogP contribution in [0, 0.1) is 0 Å². The van der Waals surface area contributed by atoms with Gasteiger partial charge in [-0.3, -0.25) is 0 Å². The zero-order valence-electron chi connectivity index (χ0n) is 11.2. The first-order valence-electron chi connectivity index (χ1n) is 7.57. The van der Waals surface area contributed by atoms with Gasteiger partial charge in [-0.15, -0.1) is 0 Å². The number of piperidine rings is 1.